The Morgan fingerprint density at radius 2 is 1.73 bits per heavy atom. The van der Waals surface area contributed by atoms with E-state index in [4.69, 9.17) is 4.52 Å². The van der Waals surface area contributed by atoms with Gasteiger partial charge >= 0.3 is 0 Å². The predicted octanol–water partition coefficient (Wildman–Crippen LogP) is 3.19. The van der Waals surface area contributed by atoms with Crippen LogP contribution in [0.5, 0.6) is 0 Å². The third-order valence-corrected chi connectivity index (χ3v) is 4.74. The van der Waals surface area contributed by atoms with Crippen molar-refractivity contribution in [1.82, 2.24) is 5.16 Å². The molecule has 0 unspecified atom stereocenters. The topological polar surface area (TPSA) is 87.5 Å². The number of carbonyl (C=O) groups is 2. The summed E-state index contributed by atoms with van der Waals surface area (Å²) in [5, 5.41) is 9.26. The molecule has 1 aliphatic carbocycles. The molecule has 0 aliphatic heterocycles. The van der Waals surface area contributed by atoms with Gasteiger partial charge in [-0.1, -0.05) is 5.16 Å². The van der Waals surface area contributed by atoms with Gasteiger partial charge in [0.1, 0.15) is 11.2 Å². The van der Waals surface area contributed by atoms with E-state index >= 15 is 0 Å². The average Bonchev–Trinajstić information content (AvgIpc) is 3.36. The highest BCUT2D eigenvalue weighted by molar-refractivity contribution is 6.16. The Hall–Kier alpha value is -2.83. The molecular weight excluding hydrogens is 332 g/mol. The maximum absolute atomic E-state index is 12.6. The largest absolute Gasteiger partial charge is 0.372 e. The summed E-state index contributed by atoms with van der Waals surface area (Å²) in [6.45, 7) is 7.79. The minimum absolute atomic E-state index is 0.286. The Balaban J connectivity index is 1.64. The number of nitrogens with one attached hydrogen (secondary N) is 2. The highest BCUT2D eigenvalue weighted by Gasteiger charge is 2.56. The van der Waals surface area contributed by atoms with Gasteiger partial charge in [0.15, 0.2) is 5.82 Å². The lowest BCUT2D eigenvalue weighted by atomic mass is 10.0. The van der Waals surface area contributed by atoms with Crippen molar-refractivity contribution < 1.29 is 14.1 Å². The molecule has 1 aromatic carbocycles. The van der Waals surface area contributed by atoms with Crippen LogP contribution in [0.4, 0.5) is 17.2 Å². The molecule has 2 N–H and O–H groups in total. The van der Waals surface area contributed by atoms with Crippen molar-refractivity contribution in [3.05, 3.63) is 36.1 Å². The van der Waals surface area contributed by atoms with Crippen molar-refractivity contribution in [2.75, 3.05) is 28.6 Å². The third kappa shape index (κ3) is 3.56. The Morgan fingerprint density at radius 3 is 2.23 bits per heavy atom. The first-order valence-corrected chi connectivity index (χ1v) is 8.89. The van der Waals surface area contributed by atoms with Crippen LogP contribution in [0.25, 0.3) is 0 Å². The van der Waals surface area contributed by atoms with E-state index in [9.17, 15) is 9.59 Å². The van der Waals surface area contributed by atoms with Crippen molar-refractivity contribution >= 4 is 29.0 Å². The molecule has 1 heterocycles. The van der Waals surface area contributed by atoms with Crippen molar-refractivity contribution in [2.24, 2.45) is 5.41 Å². The first kappa shape index (κ1) is 18.0. The number of rotatable bonds is 7. The standard InChI is InChI=1S/C19H24N4O3/c1-4-23(5-2)15-8-6-14(7-9-15)20-17(24)19(10-11-19)18(25)21-16-12-13(3)26-22-16/h6-9,12H,4-5,10-11H2,1-3H3,(H,20,24)(H,21,22,25). The van der Waals surface area contributed by atoms with E-state index in [2.05, 4.69) is 34.5 Å². The summed E-state index contributed by atoms with van der Waals surface area (Å²) in [5.41, 5.74) is 0.764. The number of anilines is 3. The smallest absolute Gasteiger partial charge is 0.241 e. The fourth-order valence-electron chi connectivity index (χ4n) is 2.94. The van der Waals surface area contributed by atoms with E-state index in [-0.39, 0.29) is 11.8 Å². The molecule has 138 valence electrons. The highest BCUT2D eigenvalue weighted by atomic mass is 16.5. The Kier molecular flexibility index (Phi) is 4.97. The Labute approximate surface area is 152 Å². The fraction of sp³-hybridized carbons (Fsp3) is 0.421. The molecule has 0 saturated heterocycles. The number of aryl methyl sites for hydroxylation is 1. The molecule has 0 radical (unpaired) electrons. The lowest BCUT2D eigenvalue weighted by Gasteiger charge is -2.21. The second kappa shape index (κ2) is 7.19. The quantitative estimate of drug-likeness (QED) is 0.744. The number of carbonyl (C=O) groups excluding carboxylic acids is 2. The summed E-state index contributed by atoms with van der Waals surface area (Å²) in [7, 11) is 0. The number of hydrogen-bond donors (Lipinski definition) is 2. The van der Waals surface area contributed by atoms with Gasteiger partial charge in [-0.05, 0) is 57.9 Å². The monoisotopic (exact) mass is 356 g/mol. The summed E-state index contributed by atoms with van der Waals surface area (Å²) in [4.78, 5) is 27.4. The van der Waals surface area contributed by atoms with Gasteiger partial charge in [0.2, 0.25) is 11.8 Å². The van der Waals surface area contributed by atoms with Gasteiger partial charge < -0.3 is 20.1 Å². The highest BCUT2D eigenvalue weighted by Crippen LogP contribution is 2.47. The molecular formula is C19H24N4O3. The lowest BCUT2D eigenvalue weighted by Crippen LogP contribution is -2.35. The number of hydrogen-bond acceptors (Lipinski definition) is 5. The van der Waals surface area contributed by atoms with Crippen molar-refractivity contribution in [3.63, 3.8) is 0 Å². The minimum atomic E-state index is -1.02. The van der Waals surface area contributed by atoms with Crippen LogP contribution in [-0.4, -0.2) is 30.1 Å². The molecule has 0 spiro atoms. The second-order valence-electron chi connectivity index (χ2n) is 6.53. The average molecular weight is 356 g/mol. The second-order valence-corrected chi connectivity index (χ2v) is 6.53. The van der Waals surface area contributed by atoms with Gasteiger partial charge in [0, 0.05) is 30.5 Å². The zero-order chi connectivity index (χ0) is 18.7. The molecule has 1 fully saturated rings. The van der Waals surface area contributed by atoms with Gasteiger partial charge in [-0.25, -0.2) is 0 Å². The van der Waals surface area contributed by atoms with E-state index in [1.807, 2.05) is 24.3 Å². The van der Waals surface area contributed by atoms with Crippen LogP contribution in [-0.2, 0) is 9.59 Å². The molecule has 0 atom stereocenters. The van der Waals surface area contributed by atoms with E-state index < -0.39 is 5.41 Å². The number of amides is 2. The van der Waals surface area contributed by atoms with Gasteiger partial charge in [-0.2, -0.15) is 0 Å². The Morgan fingerprint density at radius 1 is 1.12 bits per heavy atom. The maximum atomic E-state index is 12.6. The fourth-order valence-corrected chi connectivity index (χ4v) is 2.94. The van der Waals surface area contributed by atoms with Crippen molar-refractivity contribution in [1.29, 1.82) is 0 Å². The predicted molar refractivity (Wildman–Crippen MR) is 100 cm³/mol. The van der Waals surface area contributed by atoms with Crippen LogP contribution >= 0.6 is 0 Å². The summed E-state index contributed by atoms with van der Waals surface area (Å²) >= 11 is 0. The number of benzene rings is 1. The molecule has 3 rings (SSSR count). The normalized spacial score (nSPS) is 14.6. The molecule has 1 aromatic heterocycles. The van der Waals surface area contributed by atoms with Gasteiger partial charge in [0.05, 0.1) is 0 Å². The lowest BCUT2D eigenvalue weighted by molar-refractivity contribution is -0.131. The van der Waals surface area contributed by atoms with E-state index in [1.54, 1.807) is 13.0 Å². The molecule has 26 heavy (non-hydrogen) atoms. The Bertz CT molecular complexity index is 789. The minimum Gasteiger partial charge on any atom is -0.372 e. The van der Waals surface area contributed by atoms with Crippen LogP contribution in [0.15, 0.2) is 34.9 Å². The summed E-state index contributed by atoms with van der Waals surface area (Å²) in [5.74, 6) is 0.298. The summed E-state index contributed by atoms with van der Waals surface area (Å²) in [6.07, 6.45) is 1.05. The van der Waals surface area contributed by atoms with Crippen LogP contribution in [0.1, 0.15) is 32.4 Å². The number of nitrogens with zero attached hydrogens (tertiary/aromatic N) is 2. The van der Waals surface area contributed by atoms with Crippen LogP contribution in [0, 0.1) is 12.3 Å². The zero-order valence-corrected chi connectivity index (χ0v) is 15.3. The SMILES string of the molecule is CCN(CC)c1ccc(NC(=O)C2(C(=O)Nc3cc(C)on3)CC2)cc1. The van der Waals surface area contributed by atoms with Crippen LogP contribution in [0.3, 0.4) is 0 Å². The first-order valence-electron chi connectivity index (χ1n) is 8.89. The van der Waals surface area contributed by atoms with Gasteiger partial charge in [-0.3, -0.25) is 9.59 Å². The molecule has 7 nitrogen and oxygen atoms in total. The maximum Gasteiger partial charge on any atom is 0.241 e. The van der Waals surface area contributed by atoms with Crippen LogP contribution < -0.4 is 15.5 Å². The molecule has 7 heteroatoms. The van der Waals surface area contributed by atoms with Gasteiger partial charge in [0.25, 0.3) is 0 Å². The van der Waals surface area contributed by atoms with Gasteiger partial charge in [-0.15, -0.1) is 0 Å². The van der Waals surface area contributed by atoms with E-state index in [1.165, 1.54) is 0 Å². The molecule has 1 aliphatic rings. The molecule has 0 bridgehead atoms. The zero-order valence-electron chi connectivity index (χ0n) is 15.3. The summed E-state index contributed by atoms with van der Waals surface area (Å²) in [6, 6.07) is 9.29. The summed E-state index contributed by atoms with van der Waals surface area (Å²) < 4.78 is 4.93. The molecule has 2 amide bonds. The van der Waals surface area contributed by atoms with E-state index in [0.717, 1.165) is 18.8 Å². The number of aromatic nitrogens is 1. The molecule has 2 aromatic rings. The first-order chi connectivity index (χ1) is 12.5. The van der Waals surface area contributed by atoms with E-state index in [0.29, 0.717) is 30.1 Å². The van der Waals surface area contributed by atoms with Crippen LogP contribution in [0.2, 0.25) is 0 Å². The third-order valence-electron chi connectivity index (χ3n) is 4.74. The van der Waals surface area contributed by atoms with Crippen molar-refractivity contribution in [3.8, 4) is 0 Å². The van der Waals surface area contributed by atoms with Crippen molar-refractivity contribution in [2.45, 2.75) is 33.6 Å². The molecule has 1 saturated carbocycles.